The molecular formula is C22H29BrClN3O. The van der Waals surface area contributed by atoms with Crippen molar-refractivity contribution in [3.63, 3.8) is 0 Å². The van der Waals surface area contributed by atoms with Gasteiger partial charge in [0.05, 0.1) is 6.42 Å². The van der Waals surface area contributed by atoms with Gasteiger partial charge in [-0.2, -0.15) is 0 Å². The summed E-state index contributed by atoms with van der Waals surface area (Å²) < 4.78 is 1.03. The molecule has 28 heavy (non-hydrogen) atoms. The topological polar surface area (TPSA) is 49.6 Å². The molecule has 1 fully saturated rings. The van der Waals surface area contributed by atoms with Crippen LogP contribution in [0, 0.1) is 0 Å². The second-order valence-electron chi connectivity index (χ2n) is 7.38. The smallest absolute Gasteiger partial charge is 0.227 e. The predicted molar refractivity (Wildman–Crippen MR) is 120 cm³/mol. The van der Waals surface area contributed by atoms with Crippen LogP contribution in [0.25, 0.3) is 0 Å². The second-order valence-corrected chi connectivity index (χ2v) is 8.30. The largest absolute Gasteiger partial charge is 0.335 e. The van der Waals surface area contributed by atoms with Gasteiger partial charge in [-0.15, -0.1) is 12.4 Å². The van der Waals surface area contributed by atoms with Gasteiger partial charge in [0, 0.05) is 23.6 Å². The van der Waals surface area contributed by atoms with Gasteiger partial charge >= 0.3 is 0 Å². The first-order valence-corrected chi connectivity index (χ1v) is 10.3. The van der Waals surface area contributed by atoms with Crippen LogP contribution < -0.4 is 5.73 Å². The van der Waals surface area contributed by atoms with E-state index in [0.29, 0.717) is 25.6 Å². The normalized spacial score (nSPS) is 15.1. The molecule has 0 unspecified atom stereocenters. The molecule has 1 aliphatic rings. The number of nitrogens with zero attached hydrogens (tertiary/aromatic N) is 2. The Bertz CT molecular complexity index is 743. The van der Waals surface area contributed by atoms with E-state index in [1.807, 2.05) is 24.3 Å². The van der Waals surface area contributed by atoms with Crippen LogP contribution >= 0.6 is 28.3 Å². The summed E-state index contributed by atoms with van der Waals surface area (Å²) in [7, 11) is 2.15. The maximum atomic E-state index is 13.2. The molecule has 6 heteroatoms. The average Bonchev–Trinajstić information content (AvgIpc) is 2.69. The molecule has 0 aliphatic carbocycles. The number of amides is 1. The molecule has 1 aliphatic heterocycles. The molecule has 2 N–H and O–H groups in total. The van der Waals surface area contributed by atoms with Crippen LogP contribution in [0.1, 0.15) is 29.5 Å². The number of rotatable bonds is 6. The number of halogens is 2. The van der Waals surface area contributed by atoms with Crippen molar-refractivity contribution in [3.05, 3.63) is 69.7 Å². The number of carbonyl (C=O) groups excluding carboxylic acids is 1. The molecule has 1 heterocycles. The Kier molecular flexibility index (Phi) is 8.96. The minimum Gasteiger partial charge on any atom is -0.335 e. The molecule has 0 saturated carbocycles. The van der Waals surface area contributed by atoms with Crippen molar-refractivity contribution in [2.75, 3.05) is 20.1 Å². The Hall–Kier alpha value is -1.40. The third-order valence-electron chi connectivity index (χ3n) is 5.33. The lowest BCUT2D eigenvalue weighted by Crippen LogP contribution is -2.46. The Morgan fingerprint density at radius 2 is 1.57 bits per heavy atom. The van der Waals surface area contributed by atoms with E-state index in [0.717, 1.165) is 47.1 Å². The van der Waals surface area contributed by atoms with Gasteiger partial charge in [-0.05, 0) is 61.8 Å². The molecular weight excluding hydrogens is 438 g/mol. The number of piperidine rings is 1. The fourth-order valence-electron chi connectivity index (χ4n) is 3.58. The zero-order valence-corrected chi connectivity index (χ0v) is 18.7. The molecule has 4 nitrogen and oxygen atoms in total. The van der Waals surface area contributed by atoms with Gasteiger partial charge in [-0.25, -0.2) is 0 Å². The van der Waals surface area contributed by atoms with Crippen molar-refractivity contribution in [1.82, 2.24) is 9.80 Å². The van der Waals surface area contributed by atoms with Crippen LogP contribution in [-0.4, -0.2) is 41.9 Å². The first-order valence-electron chi connectivity index (χ1n) is 9.55. The Morgan fingerprint density at radius 1 is 1.04 bits per heavy atom. The van der Waals surface area contributed by atoms with Gasteiger partial charge in [-0.3, -0.25) is 4.79 Å². The summed E-state index contributed by atoms with van der Waals surface area (Å²) in [5.74, 6) is 0.203. The third kappa shape index (κ3) is 6.31. The fraction of sp³-hybridized carbons (Fsp3) is 0.409. The summed E-state index contributed by atoms with van der Waals surface area (Å²) in [5, 5.41) is 0. The lowest BCUT2D eigenvalue weighted by molar-refractivity contribution is -0.134. The Balaban J connectivity index is 0.00000280. The van der Waals surface area contributed by atoms with E-state index in [9.17, 15) is 4.79 Å². The molecule has 0 atom stereocenters. The highest BCUT2D eigenvalue weighted by Gasteiger charge is 2.27. The van der Waals surface area contributed by atoms with E-state index in [4.69, 9.17) is 5.73 Å². The molecule has 1 saturated heterocycles. The maximum Gasteiger partial charge on any atom is 0.227 e. The van der Waals surface area contributed by atoms with Crippen molar-refractivity contribution in [2.24, 2.45) is 5.73 Å². The number of likely N-dealkylation sites (tertiary alicyclic amines) is 1. The van der Waals surface area contributed by atoms with Crippen LogP contribution in [0.3, 0.4) is 0 Å². The highest BCUT2D eigenvalue weighted by molar-refractivity contribution is 9.10. The van der Waals surface area contributed by atoms with Crippen molar-refractivity contribution >= 4 is 34.2 Å². The van der Waals surface area contributed by atoms with Crippen molar-refractivity contribution in [2.45, 2.75) is 38.4 Å². The van der Waals surface area contributed by atoms with E-state index in [1.54, 1.807) is 0 Å². The number of nitrogens with two attached hydrogens (primary N) is 1. The predicted octanol–water partition coefficient (Wildman–Crippen LogP) is 4.00. The van der Waals surface area contributed by atoms with Crippen LogP contribution in [0.5, 0.6) is 0 Å². The lowest BCUT2D eigenvalue weighted by Gasteiger charge is -2.37. The molecule has 3 rings (SSSR count). The zero-order chi connectivity index (χ0) is 19.2. The summed E-state index contributed by atoms with van der Waals surface area (Å²) in [4.78, 5) is 17.6. The van der Waals surface area contributed by atoms with E-state index in [-0.39, 0.29) is 18.3 Å². The summed E-state index contributed by atoms with van der Waals surface area (Å²) in [6.45, 7) is 3.29. The molecule has 0 spiro atoms. The van der Waals surface area contributed by atoms with Gasteiger partial charge in [0.2, 0.25) is 5.91 Å². The number of carbonyl (C=O) groups is 1. The Morgan fingerprint density at radius 3 is 2.14 bits per heavy atom. The Labute approximate surface area is 182 Å². The first kappa shape index (κ1) is 22.9. The van der Waals surface area contributed by atoms with Crippen LogP contribution in [0.2, 0.25) is 0 Å². The average molecular weight is 467 g/mol. The molecule has 0 bridgehead atoms. The van der Waals surface area contributed by atoms with E-state index >= 15 is 0 Å². The highest BCUT2D eigenvalue weighted by Crippen LogP contribution is 2.21. The number of hydrogen-bond donors (Lipinski definition) is 1. The molecule has 0 aromatic heterocycles. The van der Waals surface area contributed by atoms with Gasteiger partial charge in [0.1, 0.15) is 0 Å². The summed E-state index contributed by atoms with van der Waals surface area (Å²) >= 11 is 3.46. The van der Waals surface area contributed by atoms with Crippen molar-refractivity contribution in [1.29, 1.82) is 0 Å². The summed E-state index contributed by atoms with van der Waals surface area (Å²) in [6.07, 6.45) is 2.51. The standard InChI is InChI=1S/C22H28BrN3O.ClH/c1-25-12-10-21(11-13-25)26(16-19-4-2-18(15-24)3-5-19)22(27)14-17-6-8-20(23)9-7-17;/h2-9,21H,10-16,24H2,1H3;1H. The molecule has 0 radical (unpaired) electrons. The number of hydrogen-bond acceptors (Lipinski definition) is 3. The van der Waals surface area contributed by atoms with E-state index < -0.39 is 0 Å². The second kappa shape index (κ2) is 11.0. The van der Waals surface area contributed by atoms with Gasteiger partial charge < -0.3 is 15.5 Å². The van der Waals surface area contributed by atoms with Crippen molar-refractivity contribution < 1.29 is 4.79 Å². The fourth-order valence-corrected chi connectivity index (χ4v) is 3.85. The van der Waals surface area contributed by atoms with Crippen LogP contribution in [0.15, 0.2) is 53.0 Å². The lowest BCUT2D eigenvalue weighted by atomic mass is 10.0. The van der Waals surface area contributed by atoms with Gasteiger partial charge in [0.25, 0.3) is 0 Å². The zero-order valence-electron chi connectivity index (χ0n) is 16.3. The highest BCUT2D eigenvalue weighted by atomic mass is 79.9. The summed E-state index contributed by atoms with van der Waals surface area (Å²) in [5.41, 5.74) is 9.04. The minimum atomic E-state index is 0. The van der Waals surface area contributed by atoms with Gasteiger partial charge in [0.15, 0.2) is 0 Å². The molecule has 152 valence electrons. The van der Waals surface area contributed by atoms with E-state index in [2.05, 4.69) is 57.0 Å². The molecule has 2 aromatic rings. The van der Waals surface area contributed by atoms with Gasteiger partial charge in [-0.1, -0.05) is 52.3 Å². The molecule has 2 aromatic carbocycles. The monoisotopic (exact) mass is 465 g/mol. The quantitative estimate of drug-likeness (QED) is 0.700. The SMILES string of the molecule is CN1CCC(N(Cc2ccc(CN)cc2)C(=O)Cc2ccc(Br)cc2)CC1.Cl. The molecule has 1 amide bonds. The minimum absolute atomic E-state index is 0. The first-order chi connectivity index (χ1) is 13.0. The van der Waals surface area contributed by atoms with Crippen LogP contribution in [0.4, 0.5) is 0 Å². The van der Waals surface area contributed by atoms with Crippen LogP contribution in [-0.2, 0) is 24.3 Å². The van der Waals surface area contributed by atoms with Crippen molar-refractivity contribution in [3.8, 4) is 0 Å². The summed E-state index contributed by atoms with van der Waals surface area (Å²) in [6, 6.07) is 16.6. The third-order valence-corrected chi connectivity index (χ3v) is 5.86. The van der Waals surface area contributed by atoms with E-state index in [1.165, 1.54) is 0 Å². The number of benzene rings is 2. The maximum absolute atomic E-state index is 13.2.